The van der Waals surface area contributed by atoms with Crippen molar-refractivity contribution in [1.82, 2.24) is 25.1 Å². The molecule has 0 atom stereocenters. The number of fused-ring (bicyclic) bond motifs is 2. The van der Waals surface area contributed by atoms with Crippen LogP contribution in [0.15, 0.2) is 35.3 Å². The summed E-state index contributed by atoms with van der Waals surface area (Å²) in [5.74, 6) is 0.507. The molecule has 1 amide bonds. The van der Waals surface area contributed by atoms with Gasteiger partial charge in [0.25, 0.3) is 5.56 Å². The van der Waals surface area contributed by atoms with Crippen LogP contribution >= 0.6 is 0 Å². The molecule has 0 spiro atoms. The molecule has 0 bridgehead atoms. The summed E-state index contributed by atoms with van der Waals surface area (Å²) in [6.07, 6.45) is 5.38. The van der Waals surface area contributed by atoms with Gasteiger partial charge in [-0.2, -0.15) is 5.10 Å². The fraction of sp³-hybridized carbons (Fsp3) is 0.350. The second kappa shape index (κ2) is 7.26. The fourth-order valence-electron chi connectivity index (χ4n) is 3.54. The van der Waals surface area contributed by atoms with Gasteiger partial charge in [-0.3, -0.25) is 9.59 Å². The average molecular weight is 363 g/mol. The number of carbonyl (C=O) groups is 1. The van der Waals surface area contributed by atoms with Gasteiger partial charge in [-0.15, -0.1) is 0 Å². The standard InChI is InChI=1S/C20H21N5O2/c1-13-15-7-4-8-17(15)24-18(23-13)9-10-21-19(26)12-25-20(27)16-6-3-2-5-14(16)11-22-25/h2-3,5-6,11H,4,7-10,12H2,1H3,(H,21,26). The van der Waals surface area contributed by atoms with E-state index < -0.39 is 0 Å². The molecule has 138 valence electrons. The third kappa shape index (κ3) is 3.58. The van der Waals surface area contributed by atoms with Crippen LogP contribution in [0.2, 0.25) is 0 Å². The maximum atomic E-state index is 12.4. The SMILES string of the molecule is Cc1nc(CCNC(=O)Cn2ncc3ccccc3c2=O)nc2c1CCC2. The highest BCUT2D eigenvalue weighted by atomic mass is 16.2. The Morgan fingerprint density at radius 2 is 2.07 bits per heavy atom. The predicted octanol–water partition coefficient (Wildman–Crippen LogP) is 1.34. The van der Waals surface area contributed by atoms with Crippen molar-refractivity contribution >= 4 is 16.7 Å². The van der Waals surface area contributed by atoms with Gasteiger partial charge in [-0.25, -0.2) is 14.6 Å². The third-order valence-electron chi connectivity index (χ3n) is 4.91. The Kier molecular flexibility index (Phi) is 4.66. The lowest BCUT2D eigenvalue weighted by Gasteiger charge is -2.09. The lowest BCUT2D eigenvalue weighted by Crippen LogP contribution is -2.34. The average Bonchev–Trinajstić information content (AvgIpc) is 3.13. The summed E-state index contributed by atoms with van der Waals surface area (Å²) < 4.78 is 1.19. The number of hydrogen-bond acceptors (Lipinski definition) is 5. The van der Waals surface area contributed by atoms with Gasteiger partial charge in [0.2, 0.25) is 5.91 Å². The molecule has 1 aromatic carbocycles. The van der Waals surface area contributed by atoms with Crippen molar-refractivity contribution in [3.8, 4) is 0 Å². The van der Waals surface area contributed by atoms with E-state index in [-0.39, 0.29) is 18.0 Å². The van der Waals surface area contributed by atoms with Crippen LogP contribution in [0.3, 0.4) is 0 Å². The Morgan fingerprint density at radius 3 is 2.96 bits per heavy atom. The number of nitrogens with one attached hydrogen (secondary N) is 1. The van der Waals surface area contributed by atoms with Crippen LogP contribution in [0.25, 0.3) is 10.8 Å². The molecular formula is C20H21N5O2. The summed E-state index contributed by atoms with van der Waals surface area (Å²) in [6, 6.07) is 7.21. The summed E-state index contributed by atoms with van der Waals surface area (Å²) in [5, 5.41) is 8.23. The van der Waals surface area contributed by atoms with Crippen LogP contribution in [-0.4, -0.2) is 32.2 Å². The van der Waals surface area contributed by atoms with E-state index in [0.29, 0.717) is 18.4 Å². The Labute approximate surface area is 156 Å². The predicted molar refractivity (Wildman–Crippen MR) is 102 cm³/mol. The summed E-state index contributed by atoms with van der Waals surface area (Å²) in [6.45, 7) is 2.35. The molecule has 3 aromatic rings. The van der Waals surface area contributed by atoms with E-state index in [4.69, 9.17) is 0 Å². The Hall–Kier alpha value is -3.09. The van der Waals surface area contributed by atoms with Crippen LogP contribution in [0.1, 0.15) is 29.2 Å². The molecule has 27 heavy (non-hydrogen) atoms. The Morgan fingerprint density at radius 1 is 1.22 bits per heavy atom. The molecule has 4 rings (SSSR count). The Bertz CT molecular complexity index is 1070. The lowest BCUT2D eigenvalue weighted by atomic mass is 10.2. The van der Waals surface area contributed by atoms with Gasteiger partial charge in [0.1, 0.15) is 12.4 Å². The van der Waals surface area contributed by atoms with Crippen LogP contribution in [-0.2, 0) is 30.6 Å². The molecule has 0 aliphatic heterocycles. The van der Waals surface area contributed by atoms with E-state index >= 15 is 0 Å². The molecule has 7 heteroatoms. The van der Waals surface area contributed by atoms with E-state index in [1.165, 1.54) is 10.2 Å². The van der Waals surface area contributed by atoms with Crippen molar-refractivity contribution in [3.63, 3.8) is 0 Å². The fourth-order valence-corrected chi connectivity index (χ4v) is 3.54. The number of hydrogen-bond donors (Lipinski definition) is 1. The summed E-state index contributed by atoms with van der Waals surface area (Å²) >= 11 is 0. The zero-order chi connectivity index (χ0) is 18.8. The third-order valence-corrected chi connectivity index (χ3v) is 4.91. The summed E-state index contributed by atoms with van der Waals surface area (Å²) in [5.41, 5.74) is 3.21. The first-order chi connectivity index (χ1) is 13.1. The van der Waals surface area contributed by atoms with E-state index in [0.717, 1.165) is 41.9 Å². The monoisotopic (exact) mass is 363 g/mol. The van der Waals surface area contributed by atoms with Gasteiger partial charge < -0.3 is 5.32 Å². The molecule has 1 N–H and O–H groups in total. The highest BCUT2D eigenvalue weighted by Gasteiger charge is 2.17. The number of amides is 1. The van der Waals surface area contributed by atoms with Crippen molar-refractivity contribution < 1.29 is 4.79 Å². The van der Waals surface area contributed by atoms with Gasteiger partial charge >= 0.3 is 0 Å². The van der Waals surface area contributed by atoms with Crippen molar-refractivity contribution in [2.24, 2.45) is 0 Å². The molecule has 0 saturated carbocycles. The van der Waals surface area contributed by atoms with Crippen molar-refractivity contribution in [3.05, 3.63) is 63.6 Å². The lowest BCUT2D eigenvalue weighted by molar-refractivity contribution is -0.121. The minimum atomic E-state index is -0.263. The van der Waals surface area contributed by atoms with Gasteiger partial charge in [0.05, 0.1) is 11.6 Å². The molecule has 0 fully saturated rings. The number of benzene rings is 1. The van der Waals surface area contributed by atoms with E-state index in [1.54, 1.807) is 18.3 Å². The minimum absolute atomic E-state index is 0.103. The maximum Gasteiger partial charge on any atom is 0.275 e. The van der Waals surface area contributed by atoms with Gasteiger partial charge in [0, 0.05) is 29.7 Å². The topological polar surface area (TPSA) is 89.8 Å². The first-order valence-corrected chi connectivity index (χ1v) is 9.18. The van der Waals surface area contributed by atoms with E-state index in [1.807, 2.05) is 19.1 Å². The molecule has 0 radical (unpaired) electrons. The molecule has 2 heterocycles. The van der Waals surface area contributed by atoms with Crippen LogP contribution < -0.4 is 10.9 Å². The molecule has 0 unspecified atom stereocenters. The van der Waals surface area contributed by atoms with Crippen LogP contribution in [0, 0.1) is 6.92 Å². The normalized spacial score (nSPS) is 12.9. The first-order valence-electron chi connectivity index (χ1n) is 9.18. The largest absolute Gasteiger partial charge is 0.354 e. The van der Waals surface area contributed by atoms with Crippen molar-refractivity contribution in [2.75, 3.05) is 6.54 Å². The number of aryl methyl sites for hydroxylation is 2. The first kappa shape index (κ1) is 17.3. The van der Waals surface area contributed by atoms with Gasteiger partial charge in [-0.1, -0.05) is 18.2 Å². The zero-order valence-corrected chi connectivity index (χ0v) is 15.2. The molecule has 7 nitrogen and oxygen atoms in total. The van der Waals surface area contributed by atoms with Gasteiger partial charge in [0.15, 0.2) is 0 Å². The highest BCUT2D eigenvalue weighted by Crippen LogP contribution is 2.22. The van der Waals surface area contributed by atoms with Crippen molar-refractivity contribution in [2.45, 2.75) is 39.2 Å². The second-order valence-corrected chi connectivity index (χ2v) is 6.80. The number of rotatable bonds is 5. The Balaban J connectivity index is 1.37. The van der Waals surface area contributed by atoms with Crippen LogP contribution in [0.5, 0.6) is 0 Å². The number of aromatic nitrogens is 4. The molecular weight excluding hydrogens is 342 g/mol. The molecule has 0 saturated heterocycles. The van der Waals surface area contributed by atoms with E-state index in [9.17, 15) is 9.59 Å². The summed E-state index contributed by atoms with van der Waals surface area (Å²) in [4.78, 5) is 33.8. The molecule has 1 aliphatic carbocycles. The molecule has 1 aliphatic rings. The quantitative estimate of drug-likeness (QED) is 0.739. The number of carbonyl (C=O) groups excluding carboxylic acids is 1. The summed E-state index contributed by atoms with van der Waals surface area (Å²) in [7, 11) is 0. The van der Waals surface area contributed by atoms with Gasteiger partial charge in [-0.05, 0) is 37.8 Å². The second-order valence-electron chi connectivity index (χ2n) is 6.80. The minimum Gasteiger partial charge on any atom is -0.354 e. The molecule has 2 aromatic heterocycles. The maximum absolute atomic E-state index is 12.4. The highest BCUT2D eigenvalue weighted by molar-refractivity contribution is 5.81. The van der Waals surface area contributed by atoms with Crippen molar-refractivity contribution in [1.29, 1.82) is 0 Å². The number of nitrogens with zero attached hydrogens (tertiary/aromatic N) is 4. The van der Waals surface area contributed by atoms with Crippen LogP contribution in [0.4, 0.5) is 0 Å². The zero-order valence-electron chi connectivity index (χ0n) is 15.2. The smallest absolute Gasteiger partial charge is 0.275 e. The van der Waals surface area contributed by atoms with E-state index in [2.05, 4.69) is 20.4 Å².